The largest absolute Gasteiger partial charge is 0.465 e. The molecule has 47 heavy (non-hydrogen) atoms. The van der Waals surface area contributed by atoms with Crippen LogP contribution in [0.15, 0.2) is 95.9 Å². The Bertz CT molecular complexity index is 1520. The van der Waals surface area contributed by atoms with Crippen molar-refractivity contribution in [2.24, 2.45) is 5.92 Å². The van der Waals surface area contributed by atoms with E-state index >= 15 is 0 Å². The van der Waals surface area contributed by atoms with Crippen LogP contribution in [0, 0.1) is 5.92 Å². The third-order valence-corrected chi connectivity index (χ3v) is 10.9. The van der Waals surface area contributed by atoms with Crippen LogP contribution < -0.4 is 0 Å². The Hall–Kier alpha value is -3.93. The Morgan fingerprint density at radius 2 is 1.47 bits per heavy atom. The number of rotatable bonds is 15. The van der Waals surface area contributed by atoms with E-state index in [4.69, 9.17) is 4.74 Å². The number of benzene rings is 3. The summed E-state index contributed by atoms with van der Waals surface area (Å²) in [6.07, 6.45) is 1.90. The predicted octanol–water partition coefficient (Wildman–Crippen LogP) is 5.62. The third kappa shape index (κ3) is 10.0. The second-order valence-corrected chi connectivity index (χ2v) is 14.7. The molecule has 1 saturated heterocycles. The van der Waals surface area contributed by atoms with E-state index in [0.717, 1.165) is 43.5 Å². The van der Waals surface area contributed by atoms with Gasteiger partial charge >= 0.3 is 12.2 Å². The highest BCUT2D eigenvalue weighted by Gasteiger charge is 2.39. The summed E-state index contributed by atoms with van der Waals surface area (Å²) in [7, 11) is 1.03. The smallest absolute Gasteiger partial charge is 0.409 e. The topological polar surface area (TPSA) is 111 Å². The molecule has 1 N–H and O–H groups in total. The number of carboxylic acid groups (broad SMARTS) is 1. The Morgan fingerprint density at radius 3 is 2.04 bits per heavy atom. The van der Waals surface area contributed by atoms with Crippen molar-refractivity contribution in [2.45, 2.75) is 42.5 Å². The average Bonchev–Trinajstić information content (AvgIpc) is 3.09. The maximum absolute atomic E-state index is 13.6. The Balaban J connectivity index is 1.45. The zero-order valence-electron chi connectivity index (χ0n) is 27.7. The zero-order valence-corrected chi connectivity index (χ0v) is 28.5. The van der Waals surface area contributed by atoms with Gasteiger partial charge in [0.15, 0.2) is 0 Å². The lowest BCUT2D eigenvalue weighted by atomic mass is 9.77. The van der Waals surface area contributed by atoms with Crippen LogP contribution in [0.5, 0.6) is 0 Å². The van der Waals surface area contributed by atoms with Crippen LogP contribution in [-0.2, 0) is 26.7 Å². The quantitative estimate of drug-likeness (QED) is 0.225. The van der Waals surface area contributed by atoms with Gasteiger partial charge in [-0.15, -0.1) is 0 Å². The standard InChI is InChI=1S/C36H48N4O6S/c1-37(2)35(43)46-29-36(32-15-9-5-10-16-32,28-38(3)47(44,45)33-17-11-6-12-18-33)22-26-39-23-19-30(20-24-39)21-25-40(34(41)42)27-31-13-7-4-8-14-31/h4-18,30H,19-29H2,1-3H3,(H,41,42). The van der Waals surface area contributed by atoms with Crippen LogP contribution in [-0.4, -0.2) is 105 Å². The second kappa shape index (κ2) is 16.8. The monoisotopic (exact) mass is 664 g/mol. The van der Waals surface area contributed by atoms with Crippen LogP contribution in [0.25, 0.3) is 0 Å². The highest BCUT2D eigenvalue weighted by Crippen LogP contribution is 2.33. The molecule has 1 aliphatic rings. The maximum atomic E-state index is 13.6. The number of nitrogens with zero attached hydrogens (tertiary/aromatic N) is 4. The van der Waals surface area contributed by atoms with Crippen LogP contribution in [0.1, 0.15) is 36.8 Å². The number of piperidine rings is 1. The van der Waals surface area contributed by atoms with Crippen molar-refractivity contribution in [3.05, 3.63) is 102 Å². The van der Waals surface area contributed by atoms with Gasteiger partial charge in [-0.3, -0.25) is 0 Å². The minimum absolute atomic E-state index is 0.0194. The number of hydrogen-bond donors (Lipinski definition) is 1. The van der Waals surface area contributed by atoms with E-state index in [1.807, 2.05) is 60.7 Å². The van der Waals surface area contributed by atoms with Gasteiger partial charge in [-0.25, -0.2) is 18.0 Å². The van der Waals surface area contributed by atoms with Gasteiger partial charge in [0.05, 0.1) is 4.90 Å². The van der Waals surface area contributed by atoms with Crippen molar-refractivity contribution in [1.82, 2.24) is 19.0 Å². The van der Waals surface area contributed by atoms with Gasteiger partial charge in [-0.05, 0) is 74.5 Å². The summed E-state index contributed by atoms with van der Waals surface area (Å²) in [6.45, 7) is 3.42. The molecule has 1 fully saturated rings. The first-order chi connectivity index (χ1) is 22.5. The average molecular weight is 665 g/mol. The molecule has 4 rings (SSSR count). The van der Waals surface area contributed by atoms with E-state index in [9.17, 15) is 23.1 Å². The van der Waals surface area contributed by atoms with Gasteiger partial charge in [0.1, 0.15) is 6.61 Å². The maximum Gasteiger partial charge on any atom is 0.409 e. The Morgan fingerprint density at radius 1 is 0.894 bits per heavy atom. The number of hydrogen-bond acceptors (Lipinski definition) is 6. The second-order valence-electron chi connectivity index (χ2n) is 12.7. The molecule has 0 saturated carbocycles. The number of amides is 2. The van der Waals surface area contributed by atoms with Crippen molar-refractivity contribution < 1.29 is 27.9 Å². The van der Waals surface area contributed by atoms with E-state index in [-0.39, 0.29) is 18.0 Å². The van der Waals surface area contributed by atoms with Gasteiger partial charge in [-0.2, -0.15) is 4.31 Å². The summed E-state index contributed by atoms with van der Waals surface area (Å²) in [5, 5.41) is 9.77. The summed E-state index contributed by atoms with van der Waals surface area (Å²) in [6, 6.07) is 27.7. The lowest BCUT2D eigenvalue weighted by Crippen LogP contribution is -2.48. The van der Waals surface area contributed by atoms with Crippen LogP contribution >= 0.6 is 0 Å². The number of sulfonamides is 1. The number of likely N-dealkylation sites (tertiary alicyclic amines) is 1. The molecule has 1 aliphatic heterocycles. The normalized spacial score (nSPS) is 15.6. The van der Waals surface area contributed by atoms with Crippen molar-refractivity contribution in [3.63, 3.8) is 0 Å². The molecule has 10 nitrogen and oxygen atoms in total. The van der Waals surface area contributed by atoms with E-state index in [1.165, 1.54) is 14.1 Å². The summed E-state index contributed by atoms with van der Waals surface area (Å²) in [5.74, 6) is 0.422. The minimum Gasteiger partial charge on any atom is -0.465 e. The highest BCUT2D eigenvalue weighted by atomic mass is 32.2. The van der Waals surface area contributed by atoms with E-state index in [1.54, 1.807) is 51.5 Å². The van der Waals surface area contributed by atoms with Crippen molar-refractivity contribution >= 4 is 22.2 Å². The van der Waals surface area contributed by atoms with E-state index in [0.29, 0.717) is 32.0 Å². The molecule has 254 valence electrons. The molecular weight excluding hydrogens is 616 g/mol. The molecule has 0 aromatic heterocycles. The fraction of sp³-hybridized carbons (Fsp3) is 0.444. The predicted molar refractivity (Wildman–Crippen MR) is 183 cm³/mol. The molecule has 2 amide bonds. The summed E-state index contributed by atoms with van der Waals surface area (Å²) >= 11 is 0. The molecule has 0 radical (unpaired) electrons. The lowest BCUT2D eigenvalue weighted by molar-refractivity contribution is 0.0750. The Kier molecular flexibility index (Phi) is 12.8. The molecule has 0 aliphatic carbocycles. The molecule has 0 spiro atoms. The van der Waals surface area contributed by atoms with E-state index < -0.39 is 27.6 Å². The van der Waals surface area contributed by atoms with Gasteiger partial charge < -0.3 is 24.5 Å². The van der Waals surface area contributed by atoms with Crippen molar-refractivity contribution in [1.29, 1.82) is 0 Å². The fourth-order valence-electron chi connectivity index (χ4n) is 6.18. The Labute approximate surface area is 279 Å². The number of carbonyl (C=O) groups is 2. The van der Waals surface area contributed by atoms with Gasteiger partial charge in [0.2, 0.25) is 10.0 Å². The minimum atomic E-state index is -3.80. The third-order valence-electron chi connectivity index (χ3n) is 9.11. The molecule has 1 heterocycles. The molecule has 3 aromatic rings. The number of carbonyl (C=O) groups excluding carboxylic acids is 1. The molecule has 0 bridgehead atoms. The molecule has 11 heteroatoms. The summed E-state index contributed by atoms with van der Waals surface area (Å²) < 4.78 is 34.5. The van der Waals surface area contributed by atoms with E-state index in [2.05, 4.69) is 4.90 Å². The molecular formula is C36H48N4O6S. The van der Waals surface area contributed by atoms with Crippen molar-refractivity contribution in [3.8, 4) is 0 Å². The first-order valence-electron chi connectivity index (χ1n) is 16.2. The van der Waals surface area contributed by atoms with Gasteiger partial charge in [-0.1, -0.05) is 78.9 Å². The fourth-order valence-corrected chi connectivity index (χ4v) is 7.45. The van der Waals surface area contributed by atoms with Gasteiger partial charge in [0.25, 0.3) is 0 Å². The molecule has 1 unspecified atom stereocenters. The summed E-state index contributed by atoms with van der Waals surface area (Å²) in [5.41, 5.74) is 1.08. The van der Waals surface area contributed by atoms with Crippen LogP contribution in [0.2, 0.25) is 0 Å². The SMILES string of the molecule is CN(C)C(=O)OCC(CCN1CCC(CCN(Cc2ccccc2)C(=O)O)CC1)(CN(C)S(=O)(=O)c1ccccc1)c1ccccc1. The molecule has 3 aromatic carbocycles. The number of ether oxygens (including phenoxy) is 1. The highest BCUT2D eigenvalue weighted by molar-refractivity contribution is 7.89. The first kappa shape index (κ1) is 35.9. The number of likely N-dealkylation sites (N-methyl/N-ethyl adjacent to an activating group) is 1. The summed E-state index contributed by atoms with van der Waals surface area (Å²) in [4.78, 5) is 30.0. The molecule has 1 atom stereocenters. The van der Waals surface area contributed by atoms with Gasteiger partial charge in [0, 0.05) is 46.2 Å². The zero-order chi connectivity index (χ0) is 33.9. The lowest BCUT2D eigenvalue weighted by Gasteiger charge is -2.40. The van der Waals surface area contributed by atoms with Crippen LogP contribution in [0.4, 0.5) is 9.59 Å². The van der Waals surface area contributed by atoms with Crippen molar-refractivity contribution in [2.75, 3.05) is 60.5 Å². The first-order valence-corrected chi connectivity index (χ1v) is 17.6. The van der Waals surface area contributed by atoms with Crippen LogP contribution in [0.3, 0.4) is 0 Å².